The summed E-state index contributed by atoms with van der Waals surface area (Å²) in [6, 6.07) is 1.98. The molecule has 112 valence electrons. The van der Waals surface area contributed by atoms with Gasteiger partial charge < -0.3 is 14.4 Å². The quantitative estimate of drug-likeness (QED) is 0.795. The van der Waals surface area contributed by atoms with E-state index in [9.17, 15) is 4.79 Å². The Morgan fingerprint density at radius 2 is 2.45 bits per heavy atom. The lowest BCUT2D eigenvalue weighted by atomic mass is 9.94. The second kappa shape index (κ2) is 7.40. The molecule has 0 bridgehead atoms. The highest BCUT2D eigenvalue weighted by molar-refractivity contribution is 5.80. The van der Waals surface area contributed by atoms with Gasteiger partial charge in [-0.05, 0) is 25.8 Å². The van der Waals surface area contributed by atoms with Crippen molar-refractivity contribution in [2.45, 2.75) is 31.8 Å². The van der Waals surface area contributed by atoms with Gasteiger partial charge in [0.15, 0.2) is 0 Å². The highest BCUT2D eigenvalue weighted by atomic mass is 16.5. The van der Waals surface area contributed by atoms with Crippen molar-refractivity contribution < 1.29 is 14.3 Å². The van der Waals surface area contributed by atoms with Gasteiger partial charge in [-0.1, -0.05) is 0 Å². The smallest absolute Gasteiger partial charge is 0.251 e. The lowest BCUT2D eigenvalue weighted by Crippen LogP contribution is -2.44. The average molecular weight is 281 g/mol. The summed E-state index contributed by atoms with van der Waals surface area (Å²) in [5, 5.41) is 6.99. The van der Waals surface area contributed by atoms with Crippen LogP contribution in [0.25, 0.3) is 0 Å². The molecule has 1 aromatic heterocycles. The van der Waals surface area contributed by atoms with Gasteiger partial charge in [0.1, 0.15) is 6.10 Å². The molecule has 0 spiro atoms. The molecule has 1 amide bonds. The lowest BCUT2D eigenvalue weighted by molar-refractivity contribution is -0.144. The first-order chi connectivity index (χ1) is 9.72. The van der Waals surface area contributed by atoms with Crippen molar-refractivity contribution in [1.82, 2.24) is 15.1 Å². The van der Waals surface area contributed by atoms with Crippen LogP contribution in [0.4, 0.5) is 0 Å². The summed E-state index contributed by atoms with van der Waals surface area (Å²) in [5.41, 5.74) is 1.11. The first kappa shape index (κ1) is 15.0. The fraction of sp³-hybridized carbons (Fsp3) is 0.714. The highest BCUT2D eigenvalue weighted by Gasteiger charge is 2.28. The van der Waals surface area contributed by atoms with Gasteiger partial charge in [-0.15, -0.1) is 0 Å². The fourth-order valence-electron chi connectivity index (χ4n) is 2.56. The van der Waals surface area contributed by atoms with Crippen LogP contribution in [0.3, 0.4) is 0 Å². The zero-order chi connectivity index (χ0) is 14.4. The number of rotatable bonds is 6. The molecule has 1 fully saturated rings. The van der Waals surface area contributed by atoms with Crippen LogP contribution in [0.5, 0.6) is 0 Å². The van der Waals surface area contributed by atoms with E-state index in [0.29, 0.717) is 19.1 Å². The van der Waals surface area contributed by atoms with E-state index in [2.05, 4.69) is 10.2 Å². The number of aromatic nitrogens is 2. The van der Waals surface area contributed by atoms with Gasteiger partial charge in [-0.25, -0.2) is 0 Å². The molecule has 1 aromatic rings. The minimum absolute atomic E-state index is 0.0605. The molecular weight excluding hydrogens is 258 g/mol. The normalized spacial score (nSPS) is 20.9. The molecular formula is C14H23N3O3. The van der Waals surface area contributed by atoms with Crippen molar-refractivity contribution in [2.24, 2.45) is 0 Å². The number of methoxy groups -OCH3 is 1. The molecule has 2 rings (SSSR count). The number of carbonyl (C=O) groups excluding carboxylic acids is 1. The molecule has 1 aliphatic heterocycles. The number of nitrogens with zero attached hydrogens (tertiary/aromatic N) is 2. The Kier molecular flexibility index (Phi) is 5.55. The van der Waals surface area contributed by atoms with E-state index >= 15 is 0 Å². The van der Waals surface area contributed by atoms with E-state index in [1.54, 1.807) is 20.2 Å². The molecule has 0 aromatic carbocycles. The Morgan fingerprint density at radius 1 is 1.60 bits per heavy atom. The zero-order valence-electron chi connectivity index (χ0n) is 12.2. The monoisotopic (exact) mass is 281 g/mol. The number of H-pyrrole nitrogens is 1. The average Bonchev–Trinajstić information content (AvgIpc) is 3.01. The summed E-state index contributed by atoms with van der Waals surface area (Å²) < 4.78 is 10.4. The third-order valence-corrected chi connectivity index (χ3v) is 3.70. The standard InChI is InChI=1S/C14H23N3O3/c1-11(20-9-8-19-2)14(18)17-7-3-4-12(10-17)13-5-6-15-16-13/h5-6,11-12H,3-4,7-10H2,1-2H3,(H,15,16). The zero-order valence-corrected chi connectivity index (χ0v) is 12.2. The third-order valence-electron chi connectivity index (χ3n) is 3.70. The van der Waals surface area contributed by atoms with Crippen LogP contribution in [0.1, 0.15) is 31.4 Å². The van der Waals surface area contributed by atoms with Gasteiger partial charge in [0.25, 0.3) is 5.91 Å². The van der Waals surface area contributed by atoms with Crippen molar-refractivity contribution >= 4 is 5.91 Å². The first-order valence-corrected chi connectivity index (χ1v) is 7.11. The highest BCUT2D eigenvalue weighted by Crippen LogP contribution is 2.25. The van der Waals surface area contributed by atoms with Gasteiger partial charge in [0.2, 0.25) is 0 Å². The minimum atomic E-state index is -0.411. The molecule has 2 heterocycles. The lowest BCUT2D eigenvalue weighted by Gasteiger charge is -2.33. The number of ether oxygens (including phenoxy) is 2. The topological polar surface area (TPSA) is 67.5 Å². The second-order valence-corrected chi connectivity index (χ2v) is 5.14. The maximum absolute atomic E-state index is 12.3. The van der Waals surface area contributed by atoms with E-state index in [4.69, 9.17) is 9.47 Å². The molecule has 2 atom stereocenters. The van der Waals surface area contributed by atoms with E-state index < -0.39 is 6.10 Å². The molecule has 0 radical (unpaired) electrons. The van der Waals surface area contributed by atoms with E-state index in [1.165, 1.54) is 0 Å². The Balaban J connectivity index is 1.86. The number of carbonyl (C=O) groups is 1. The van der Waals surface area contributed by atoms with Crippen LogP contribution in [0.15, 0.2) is 12.3 Å². The van der Waals surface area contributed by atoms with Crippen molar-refractivity contribution in [3.63, 3.8) is 0 Å². The van der Waals surface area contributed by atoms with Crippen molar-refractivity contribution in [3.05, 3.63) is 18.0 Å². The Hall–Kier alpha value is -1.40. The number of nitrogens with one attached hydrogen (secondary N) is 1. The summed E-state index contributed by atoms with van der Waals surface area (Å²) in [6.45, 7) is 4.30. The molecule has 1 saturated heterocycles. The van der Waals surface area contributed by atoms with Crippen molar-refractivity contribution in [1.29, 1.82) is 0 Å². The first-order valence-electron chi connectivity index (χ1n) is 7.11. The van der Waals surface area contributed by atoms with Gasteiger partial charge in [-0.2, -0.15) is 5.10 Å². The summed E-state index contributed by atoms with van der Waals surface area (Å²) >= 11 is 0. The maximum atomic E-state index is 12.3. The van der Waals surface area contributed by atoms with E-state index in [0.717, 1.165) is 31.6 Å². The molecule has 20 heavy (non-hydrogen) atoms. The molecule has 0 saturated carbocycles. The summed E-state index contributed by atoms with van der Waals surface area (Å²) in [4.78, 5) is 14.2. The number of aromatic amines is 1. The van der Waals surface area contributed by atoms with Gasteiger partial charge in [0, 0.05) is 38.0 Å². The number of likely N-dealkylation sites (tertiary alicyclic amines) is 1. The molecule has 6 nitrogen and oxygen atoms in total. The largest absolute Gasteiger partial charge is 0.382 e. The van der Waals surface area contributed by atoms with Crippen molar-refractivity contribution in [2.75, 3.05) is 33.4 Å². The fourth-order valence-corrected chi connectivity index (χ4v) is 2.56. The number of hydrogen-bond acceptors (Lipinski definition) is 4. The molecule has 1 N–H and O–H groups in total. The van der Waals surface area contributed by atoms with Crippen LogP contribution in [0.2, 0.25) is 0 Å². The molecule has 6 heteroatoms. The number of amides is 1. The minimum Gasteiger partial charge on any atom is -0.382 e. The van der Waals surface area contributed by atoms with Crippen LogP contribution < -0.4 is 0 Å². The number of piperidine rings is 1. The van der Waals surface area contributed by atoms with Crippen LogP contribution >= 0.6 is 0 Å². The predicted octanol–water partition coefficient (Wildman–Crippen LogP) is 1.17. The Labute approximate surface area is 119 Å². The van der Waals surface area contributed by atoms with Crippen LogP contribution in [0, 0.1) is 0 Å². The number of hydrogen-bond donors (Lipinski definition) is 1. The third kappa shape index (κ3) is 3.80. The van der Waals surface area contributed by atoms with Gasteiger partial charge in [-0.3, -0.25) is 9.89 Å². The van der Waals surface area contributed by atoms with Gasteiger partial charge >= 0.3 is 0 Å². The molecule has 0 aliphatic carbocycles. The second-order valence-electron chi connectivity index (χ2n) is 5.14. The molecule has 1 aliphatic rings. The van der Waals surface area contributed by atoms with E-state index in [-0.39, 0.29) is 5.91 Å². The Bertz CT molecular complexity index is 408. The Morgan fingerprint density at radius 3 is 3.15 bits per heavy atom. The van der Waals surface area contributed by atoms with Crippen molar-refractivity contribution in [3.8, 4) is 0 Å². The maximum Gasteiger partial charge on any atom is 0.251 e. The van der Waals surface area contributed by atoms with Crippen LogP contribution in [-0.2, 0) is 14.3 Å². The van der Waals surface area contributed by atoms with Gasteiger partial charge in [0.05, 0.1) is 13.2 Å². The summed E-state index contributed by atoms with van der Waals surface area (Å²) in [7, 11) is 1.62. The summed E-state index contributed by atoms with van der Waals surface area (Å²) in [6.07, 6.45) is 3.45. The predicted molar refractivity (Wildman–Crippen MR) is 74.4 cm³/mol. The van der Waals surface area contributed by atoms with E-state index in [1.807, 2.05) is 11.0 Å². The summed E-state index contributed by atoms with van der Waals surface area (Å²) in [5.74, 6) is 0.409. The van der Waals surface area contributed by atoms with Crippen LogP contribution in [-0.4, -0.2) is 60.5 Å². The SMILES string of the molecule is COCCOC(C)C(=O)N1CCCC(c2ccn[nH]2)C1. The molecule has 2 unspecified atom stereocenters.